The highest BCUT2D eigenvalue weighted by Crippen LogP contribution is 2.17. The van der Waals surface area contributed by atoms with E-state index in [9.17, 15) is 0 Å². The van der Waals surface area contributed by atoms with Gasteiger partial charge in [0.15, 0.2) is 0 Å². The van der Waals surface area contributed by atoms with Gasteiger partial charge in [-0.25, -0.2) is 4.98 Å². The van der Waals surface area contributed by atoms with Gasteiger partial charge >= 0.3 is 0 Å². The molecule has 0 saturated heterocycles. The minimum Gasteiger partial charge on any atom is -0.242 e. The summed E-state index contributed by atoms with van der Waals surface area (Å²) in [6, 6.07) is 0. The highest BCUT2D eigenvalue weighted by atomic mass is 32.1. The van der Waals surface area contributed by atoms with E-state index in [1.807, 2.05) is 6.92 Å². The Morgan fingerprint density at radius 1 is 1.45 bits per heavy atom. The first kappa shape index (κ1) is 8.47. The van der Waals surface area contributed by atoms with Gasteiger partial charge in [0.25, 0.3) is 0 Å². The number of thiazole rings is 1. The number of rotatable bonds is 2. The van der Waals surface area contributed by atoms with Gasteiger partial charge in [0.05, 0.1) is 10.7 Å². The minimum absolute atomic E-state index is 1.08. The quantitative estimate of drug-likeness (QED) is 0.659. The van der Waals surface area contributed by atoms with Crippen molar-refractivity contribution in [3.8, 4) is 0 Å². The van der Waals surface area contributed by atoms with Gasteiger partial charge in [-0.05, 0) is 26.3 Å². The molecule has 0 atom stereocenters. The van der Waals surface area contributed by atoms with Crippen LogP contribution in [0.1, 0.15) is 28.9 Å². The van der Waals surface area contributed by atoms with E-state index in [2.05, 4.69) is 31.0 Å². The maximum absolute atomic E-state index is 4.38. The van der Waals surface area contributed by atoms with E-state index in [-0.39, 0.29) is 0 Å². The van der Waals surface area contributed by atoms with Crippen LogP contribution in [0.5, 0.6) is 0 Å². The number of aryl methyl sites for hydroxylation is 2. The summed E-state index contributed by atoms with van der Waals surface area (Å²) in [4.78, 5) is 5.69. The standard InChI is InChI=1S/C9H13NS/c1-4-5-6-9-7(2)11-8(3)10-9/h5-6H,4H2,1-3H3. The van der Waals surface area contributed by atoms with Crippen molar-refractivity contribution < 1.29 is 0 Å². The summed E-state index contributed by atoms with van der Waals surface area (Å²) in [5.41, 5.74) is 1.13. The molecule has 0 fully saturated rings. The molecule has 1 nitrogen and oxygen atoms in total. The molecule has 1 rings (SSSR count). The third-order valence-electron chi connectivity index (χ3n) is 1.45. The van der Waals surface area contributed by atoms with Crippen molar-refractivity contribution in [2.45, 2.75) is 27.2 Å². The van der Waals surface area contributed by atoms with Crippen molar-refractivity contribution in [2.24, 2.45) is 0 Å². The molecule has 60 valence electrons. The normalized spacial score (nSPS) is 11.2. The average Bonchev–Trinajstić information content (AvgIpc) is 2.26. The molecule has 0 spiro atoms. The number of aromatic nitrogens is 1. The number of hydrogen-bond donors (Lipinski definition) is 0. The second-order valence-corrected chi connectivity index (χ2v) is 3.89. The van der Waals surface area contributed by atoms with E-state index in [0.717, 1.165) is 17.1 Å². The van der Waals surface area contributed by atoms with Gasteiger partial charge < -0.3 is 0 Å². The van der Waals surface area contributed by atoms with Gasteiger partial charge in [0.1, 0.15) is 0 Å². The minimum atomic E-state index is 1.08. The Kier molecular flexibility index (Phi) is 2.83. The maximum Gasteiger partial charge on any atom is 0.0904 e. The van der Waals surface area contributed by atoms with Crippen molar-refractivity contribution in [1.29, 1.82) is 0 Å². The summed E-state index contributed by atoms with van der Waals surface area (Å²) in [5.74, 6) is 0. The Labute approximate surface area is 71.8 Å². The first-order valence-electron chi connectivity index (χ1n) is 3.84. The van der Waals surface area contributed by atoms with Crippen LogP contribution in [0.2, 0.25) is 0 Å². The fraction of sp³-hybridized carbons (Fsp3) is 0.444. The van der Waals surface area contributed by atoms with Crippen molar-refractivity contribution >= 4 is 17.4 Å². The zero-order valence-electron chi connectivity index (χ0n) is 7.22. The predicted octanol–water partition coefficient (Wildman–Crippen LogP) is 3.18. The molecular weight excluding hydrogens is 154 g/mol. The SMILES string of the molecule is CCC=Cc1nc(C)sc1C. The van der Waals surface area contributed by atoms with Crippen LogP contribution in [-0.2, 0) is 0 Å². The second kappa shape index (κ2) is 3.67. The van der Waals surface area contributed by atoms with Crippen LogP contribution in [0.15, 0.2) is 6.08 Å². The van der Waals surface area contributed by atoms with Crippen molar-refractivity contribution in [3.63, 3.8) is 0 Å². The van der Waals surface area contributed by atoms with Crippen LogP contribution in [-0.4, -0.2) is 4.98 Å². The molecule has 0 aliphatic carbocycles. The van der Waals surface area contributed by atoms with Crippen molar-refractivity contribution in [3.05, 3.63) is 21.7 Å². The van der Waals surface area contributed by atoms with E-state index in [4.69, 9.17) is 0 Å². The molecule has 0 saturated carbocycles. The van der Waals surface area contributed by atoms with Crippen LogP contribution in [0.4, 0.5) is 0 Å². The Balaban J connectivity index is 2.85. The number of nitrogens with zero attached hydrogens (tertiary/aromatic N) is 1. The van der Waals surface area contributed by atoms with Crippen molar-refractivity contribution in [2.75, 3.05) is 0 Å². The highest BCUT2D eigenvalue weighted by Gasteiger charge is 1.98. The molecule has 1 heterocycles. The molecule has 2 heteroatoms. The van der Waals surface area contributed by atoms with E-state index in [1.54, 1.807) is 11.3 Å². The van der Waals surface area contributed by atoms with Gasteiger partial charge in [0, 0.05) is 4.88 Å². The Morgan fingerprint density at radius 2 is 2.18 bits per heavy atom. The summed E-state index contributed by atoms with van der Waals surface area (Å²) in [6.07, 6.45) is 5.32. The maximum atomic E-state index is 4.38. The van der Waals surface area contributed by atoms with Crippen molar-refractivity contribution in [1.82, 2.24) is 4.98 Å². The lowest BCUT2D eigenvalue weighted by Gasteiger charge is -1.84. The summed E-state index contributed by atoms with van der Waals surface area (Å²) in [7, 11) is 0. The lowest BCUT2D eigenvalue weighted by Crippen LogP contribution is -1.74. The number of hydrogen-bond acceptors (Lipinski definition) is 2. The molecule has 0 aliphatic rings. The van der Waals surface area contributed by atoms with Crippen LogP contribution in [0.25, 0.3) is 6.08 Å². The first-order valence-corrected chi connectivity index (χ1v) is 4.66. The molecule has 0 amide bonds. The molecule has 11 heavy (non-hydrogen) atoms. The number of allylic oxidation sites excluding steroid dienone is 1. The summed E-state index contributed by atoms with van der Waals surface area (Å²) in [6.45, 7) is 6.28. The summed E-state index contributed by atoms with van der Waals surface area (Å²) < 4.78 is 0. The second-order valence-electron chi connectivity index (χ2n) is 2.48. The topological polar surface area (TPSA) is 12.9 Å². The van der Waals surface area contributed by atoms with E-state index >= 15 is 0 Å². The largest absolute Gasteiger partial charge is 0.242 e. The zero-order valence-corrected chi connectivity index (χ0v) is 8.03. The highest BCUT2D eigenvalue weighted by molar-refractivity contribution is 7.11. The summed E-state index contributed by atoms with van der Waals surface area (Å²) >= 11 is 1.76. The van der Waals surface area contributed by atoms with Crippen LogP contribution < -0.4 is 0 Å². The zero-order chi connectivity index (χ0) is 8.27. The lowest BCUT2D eigenvalue weighted by atomic mass is 10.3. The summed E-state index contributed by atoms with van der Waals surface area (Å²) in [5, 5.41) is 1.15. The van der Waals surface area contributed by atoms with Gasteiger partial charge in [-0.15, -0.1) is 11.3 Å². The fourth-order valence-electron chi connectivity index (χ4n) is 0.929. The van der Waals surface area contributed by atoms with Gasteiger partial charge in [-0.1, -0.05) is 13.0 Å². The lowest BCUT2D eigenvalue weighted by molar-refractivity contribution is 1.22. The van der Waals surface area contributed by atoms with E-state index in [0.29, 0.717) is 0 Å². The molecular formula is C9H13NS. The molecule has 1 aromatic heterocycles. The smallest absolute Gasteiger partial charge is 0.0904 e. The monoisotopic (exact) mass is 167 g/mol. The van der Waals surface area contributed by atoms with Crippen LogP contribution in [0, 0.1) is 13.8 Å². The molecule has 0 aromatic carbocycles. The van der Waals surface area contributed by atoms with Crippen LogP contribution in [0.3, 0.4) is 0 Å². The van der Waals surface area contributed by atoms with Gasteiger partial charge in [-0.3, -0.25) is 0 Å². The van der Waals surface area contributed by atoms with E-state index < -0.39 is 0 Å². The molecule has 1 aromatic rings. The molecule has 0 N–H and O–H groups in total. The Hall–Kier alpha value is -0.630. The van der Waals surface area contributed by atoms with E-state index in [1.165, 1.54) is 4.88 Å². The Bertz CT molecular complexity index is 261. The molecule has 0 aliphatic heterocycles. The Morgan fingerprint density at radius 3 is 2.64 bits per heavy atom. The third-order valence-corrected chi connectivity index (χ3v) is 2.35. The first-order chi connectivity index (χ1) is 5.24. The molecule has 0 radical (unpaired) electrons. The van der Waals surface area contributed by atoms with Crippen LogP contribution >= 0.6 is 11.3 Å². The van der Waals surface area contributed by atoms with Gasteiger partial charge in [-0.2, -0.15) is 0 Å². The third kappa shape index (κ3) is 2.15. The van der Waals surface area contributed by atoms with Gasteiger partial charge in [0.2, 0.25) is 0 Å². The average molecular weight is 167 g/mol. The molecule has 0 bridgehead atoms. The predicted molar refractivity (Wildman–Crippen MR) is 50.9 cm³/mol. The fourth-order valence-corrected chi connectivity index (χ4v) is 1.73. The molecule has 0 unspecified atom stereocenters.